The van der Waals surface area contributed by atoms with Crippen molar-refractivity contribution in [2.75, 3.05) is 0 Å². The van der Waals surface area contributed by atoms with Crippen molar-refractivity contribution in [2.45, 2.75) is 32.9 Å². The highest BCUT2D eigenvalue weighted by atomic mass is 79.9. The van der Waals surface area contributed by atoms with E-state index in [1.807, 2.05) is 26.0 Å². The van der Waals surface area contributed by atoms with E-state index in [1.54, 1.807) is 6.92 Å². The fourth-order valence-electron chi connectivity index (χ4n) is 1.44. The highest BCUT2D eigenvalue weighted by molar-refractivity contribution is 9.10. The van der Waals surface area contributed by atoms with E-state index in [0.29, 0.717) is 0 Å². The molecule has 0 saturated heterocycles. The molecule has 0 spiro atoms. The third-order valence-corrected chi connectivity index (χ3v) is 3.22. The molecule has 0 aromatic heterocycles. The van der Waals surface area contributed by atoms with Crippen LogP contribution in [0.3, 0.4) is 0 Å². The van der Waals surface area contributed by atoms with Crippen LogP contribution in [-0.4, -0.2) is 11.1 Å². The summed E-state index contributed by atoms with van der Waals surface area (Å²) in [6, 6.07) is 3.74. The average Bonchev–Trinajstić information content (AvgIpc) is 2.10. The van der Waals surface area contributed by atoms with E-state index < -0.39 is 6.10 Å². The van der Waals surface area contributed by atoms with E-state index in [0.717, 1.165) is 15.6 Å². The predicted octanol–water partition coefficient (Wildman–Crippen LogP) is 2.45. The second-order valence-corrected chi connectivity index (χ2v) is 4.62. The van der Waals surface area contributed by atoms with Crippen molar-refractivity contribution in [3.63, 3.8) is 0 Å². The van der Waals surface area contributed by atoms with Gasteiger partial charge in [0.1, 0.15) is 0 Å². The van der Waals surface area contributed by atoms with Gasteiger partial charge < -0.3 is 10.8 Å². The smallest absolute Gasteiger partial charge is 0.0941 e. The molecule has 2 atom stereocenters. The molecule has 3 heteroatoms. The van der Waals surface area contributed by atoms with Gasteiger partial charge >= 0.3 is 0 Å². The molecule has 2 unspecified atom stereocenters. The van der Waals surface area contributed by atoms with Crippen LogP contribution >= 0.6 is 15.9 Å². The Morgan fingerprint density at radius 3 is 2.36 bits per heavy atom. The molecule has 0 radical (unpaired) electrons. The summed E-state index contributed by atoms with van der Waals surface area (Å²) in [6.45, 7) is 5.82. The Labute approximate surface area is 93.3 Å². The maximum atomic E-state index is 9.85. The molecule has 0 saturated carbocycles. The summed E-state index contributed by atoms with van der Waals surface area (Å²) in [6.07, 6.45) is -0.591. The van der Waals surface area contributed by atoms with Gasteiger partial charge in [0.15, 0.2) is 0 Å². The summed E-state index contributed by atoms with van der Waals surface area (Å²) in [4.78, 5) is 0. The number of aryl methyl sites for hydroxylation is 2. The van der Waals surface area contributed by atoms with Crippen molar-refractivity contribution < 1.29 is 5.11 Å². The van der Waals surface area contributed by atoms with Crippen LogP contribution in [0.1, 0.15) is 29.7 Å². The first kappa shape index (κ1) is 11.7. The topological polar surface area (TPSA) is 46.2 Å². The van der Waals surface area contributed by atoms with Crippen LogP contribution < -0.4 is 5.73 Å². The SMILES string of the molecule is Cc1cc(C)c(C(O)C(C)N)cc1Br. The number of rotatable bonds is 2. The molecule has 1 rings (SSSR count). The first-order chi connectivity index (χ1) is 6.43. The quantitative estimate of drug-likeness (QED) is 0.855. The number of aliphatic hydroxyl groups is 1. The Morgan fingerprint density at radius 1 is 1.29 bits per heavy atom. The second kappa shape index (κ2) is 4.43. The summed E-state index contributed by atoms with van der Waals surface area (Å²) in [5, 5.41) is 9.85. The average molecular weight is 258 g/mol. The van der Waals surface area contributed by atoms with Crippen molar-refractivity contribution in [1.29, 1.82) is 0 Å². The van der Waals surface area contributed by atoms with E-state index >= 15 is 0 Å². The fraction of sp³-hybridized carbons (Fsp3) is 0.455. The van der Waals surface area contributed by atoms with E-state index in [1.165, 1.54) is 5.56 Å². The van der Waals surface area contributed by atoms with Crippen LogP contribution in [-0.2, 0) is 0 Å². The Morgan fingerprint density at radius 2 is 1.86 bits per heavy atom. The predicted molar refractivity (Wildman–Crippen MR) is 62.2 cm³/mol. The van der Waals surface area contributed by atoms with Crippen molar-refractivity contribution >= 4 is 15.9 Å². The molecular weight excluding hydrogens is 242 g/mol. The molecule has 0 heterocycles. The van der Waals surface area contributed by atoms with Gasteiger partial charge in [0.2, 0.25) is 0 Å². The van der Waals surface area contributed by atoms with Gasteiger partial charge in [-0.3, -0.25) is 0 Å². The molecule has 0 amide bonds. The lowest BCUT2D eigenvalue weighted by molar-refractivity contribution is 0.152. The van der Waals surface area contributed by atoms with Crippen molar-refractivity contribution in [1.82, 2.24) is 0 Å². The maximum Gasteiger partial charge on any atom is 0.0941 e. The number of benzene rings is 1. The molecule has 1 aromatic rings. The molecule has 0 fully saturated rings. The summed E-state index contributed by atoms with van der Waals surface area (Å²) in [7, 11) is 0. The molecule has 2 nitrogen and oxygen atoms in total. The largest absolute Gasteiger partial charge is 0.387 e. The molecule has 0 aliphatic rings. The lowest BCUT2D eigenvalue weighted by Gasteiger charge is -2.18. The lowest BCUT2D eigenvalue weighted by atomic mass is 9.97. The maximum absolute atomic E-state index is 9.85. The fourth-order valence-corrected chi connectivity index (χ4v) is 1.80. The van der Waals surface area contributed by atoms with Crippen molar-refractivity contribution in [2.24, 2.45) is 5.73 Å². The van der Waals surface area contributed by atoms with Crippen LogP contribution in [0.25, 0.3) is 0 Å². The van der Waals surface area contributed by atoms with Gasteiger partial charge in [0.05, 0.1) is 6.10 Å². The van der Waals surface area contributed by atoms with Gasteiger partial charge in [-0.1, -0.05) is 22.0 Å². The van der Waals surface area contributed by atoms with Gasteiger partial charge in [-0.2, -0.15) is 0 Å². The highest BCUT2D eigenvalue weighted by Gasteiger charge is 2.15. The summed E-state index contributed by atoms with van der Waals surface area (Å²) < 4.78 is 1.01. The number of halogens is 1. The van der Waals surface area contributed by atoms with Crippen molar-refractivity contribution in [3.8, 4) is 0 Å². The van der Waals surface area contributed by atoms with Crippen LogP contribution in [0.4, 0.5) is 0 Å². The van der Waals surface area contributed by atoms with Gasteiger partial charge in [-0.15, -0.1) is 0 Å². The monoisotopic (exact) mass is 257 g/mol. The standard InChI is InChI=1S/C11H16BrNO/c1-6-4-7(2)10(12)5-9(6)11(14)8(3)13/h4-5,8,11,14H,13H2,1-3H3. The van der Waals surface area contributed by atoms with Gasteiger partial charge in [0, 0.05) is 10.5 Å². The van der Waals surface area contributed by atoms with Crippen LogP contribution in [0, 0.1) is 13.8 Å². The minimum absolute atomic E-state index is 0.247. The second-order valence-electron chi connectivity index (χ2n) is 3.76. The Bertz CT molecular complexity index is 336. The summed E-state index contributed by atoms with van der Waals surface area (Å²) in [5.41, 5.74) is 8.81. The van der Waals surface area contributed by atoms with Gasteiger partial charge in [0.25, 0.3) is 0 Å². The molecule has 0 aliphatic heterocycles. The van der Waals surface area contributed by atoms with Crippen LogP contribution in [0.15, 0.2) is 16.6 Å². The molecule has 78 valence electrons. The molecule has 1 aromatic carbocycles. The molecule has 0 aliphatic carbocycles. The third-order valence-electron chi connectivity index (χ3n) is 2.36. The Hall–Kier alpha value is -0.380. The number of nitrogens with two attached hydrogens (primary N) is 1. The molecule has 3 N–H and O–H groups in total. The van der Waals surface area contributed by atoms with Gasteiger partial charge in [-0.05, 0) is 43.5 Å². The minimum atomic E-state index is -0.591. The van der Waals surface area contributed by atoms with E-state index in [4.69, 9.17) is 5.73 Å². The Kier molecular flexibility index (Phi) is 3.70. The summed E-state index contributed by atoms with van der Waals surface area (Å²) >= 11 is 3.45. The van der Waals surface area contributed by atoms with Crippen LogP contribution in [0.2, 0.25) is 0 Å². The molecule has 14 heavy (non-hydrogen) atoms. The number of hydrogen-bond donors (Lipinski definition) is 2. The van der Waals surface area contributed by atoms with Crippen molar-refractivity contribution in [3.05, 3.63) is 33.3 Å². The van der Waals surface area contributed by atoms with E-state index in [-0.39, 0.29) is 6.04 Å². The van der Waals surface area contributed by atoms with E-state index in [2.05, 4.69) is 15.9 Å². The number of aliphatic hydroxyl groups excluding tert-OH is 1. The van der Waals surface area contributed by atoms with Crippen LogP contribution in [0.5, 0.6) is 0 Å². The lowest BCUT2D eigenvalue weighted by Crippen LogP contribution is -2.25. The Balaban J connectivity index is 3.15. The summed E-state index contributed by atoms with van der Waals surface area (Å²) in [5.74, 6) is 0. The first-order valence-electron chi connectivity index (χ1n) is 4.63. The number of hydrogen-bond acceptors (Lipinski definition) is 2. The van der Waals surface area contributed by atoms with Gasteiger partial charge in [-0.25, -0.2) is 0 Å². The highest BCUT2D eigenvalue weighted by Crippen LogP contribution is 2.26. The normalized spacial score (nSPS) is 15.3. The van der Waals surface area contributed by atoms with E-state index in [9.17, 15) is 5.11 Å². The zero-order valence-electron chi connectivity index (χ0n) is 8.71. The molecular formula is C11H16BrNO. The zero-order chi connectivity index (χ0) is 10.9. The first-order valence-corrected chi connectivity index (χ1v) is 5.43. The zero-order valence-corrected chi connectivity index (χ0v) is 10.3. The molecule has 0 bridgehead atoms. The third kappa shape index (κ3) is 2.35. The minimum Gasteiger partial charge on any atom is -0.387 e.